The van der Waals surface area contributed by atoms with Crippen LogP contribution >= 0.6 is 0 Å². The van der Waals surface area contributed by atoms with Gasteiger partial charge in [0.2, 0.25) is 0 Å². The molecule has 4 nitrogen and oxygen atoms in total. The predicted molar refractivity (Wildman–Crippen MR) is 99.2 cm³/mol. The summed E-state index contributed by atoms with van der Waals surface area (Å²) in [6.45, 7) is 0. The van der Waals surface area contributed by atoms with Crippen molar-refractivity contribution in [1.82, 2.24) is 0 Å². The molecule has 3 rings (SSSR count). The van der Waals surface area contributed by atoms with Crippen LogP contribution < -0.4 is 0 Å². The minimum Gasteiger partial charge on any atom is -0.481 e. The molecule has 0 heterocycles. The van der Waals surface area contributed by atoms with E-state index in [0.717, 1.165) is 18.4 Å². The topological polar surface area (TPSA) is 77.8 Å². The number of rotatable bonds is 5. The fourth-order valence-corrected chi connectivity index (χ4v) is 4.17. The molecule has 1 aromatic carbocycles. The second kappa shape index (κ2) is 8.53. The predicted octanol–water partition coefficient (Wildman–Crippen LogP) is 2.79. The maximum absolute atomic E-state index is 10.6. The van der Waals surface area contributed by atoms with Crippen molar-refractivity contribution in [2.45, 2.75) is 50.7 Å². The summed E-state index contributed by atoms with van der Waals surface area (Å²) in [7, 11) is 0. The average molecular weight is 354 g/mol. The zero-order chi connectivity index (χ0) is 18.5. The van der Waals surface area contributed by atoms with Crippen molar-refractivity contribution in [1.29, 1.82) is 0 Å². The van der Waals surface area contributed by atoms with E-state index in [4.69, 9.17) is 5.11 Å². The molecule has 1 unspecified atom stereocenters. The Morgan fingerprint density at radius 2 is 2.04 bits per heavy atom. The maximum atomic E-state index is 10.6. The van der Waals surface area contributed by atoms with Gasteiger partial charge in [0.05, 0.1) is 12.0 Å². The lowest BCUT2D eigenvalue weighted by Crippen LogP contribution is -2.44. The van der Waals surface area contributed by atoms with Crippen LogP contribution in [0.4, 0.5) is 0 Å². The van der Waals surface area contributed by atoms with Gasteiger partial charge in [-0.2, -0.15) is 0 Å². The van der Waals surface area contributed by atoms with Crippen LogP contribution in [0.2, 0.25) is 0 Å². The van der Waals surface area contributed by atoms with Crippen LogP contribution in [-0.2, 0) is 11.2 Å². The Labute approximate surface area is 154 Å². The largest absolute Gasteiger partial charge is 0.481 e. The number of aliphatic hydroxyl groups is 2. The minimum atomic E-state index is -0.770. The van der Waals surface area contributed by atoms with Crippen molar-refractivity contribution in [2.75, 3.05) is 0 Å². The number of benzene rings is 1. The number of aliphatic hydroxyl groups excluding tert-OH is 2. The molecule has 0 radical (unpaired) electrons. The third-order valence-electron chi connectivity index (χ3n) is 5.57. The highest BCUT2D eigenvalue weighted by molar-refractivity contribution is 5.66. The smallest absolute Gasteiger partial charge is 0.303 e. The second-order valence-electron chi connectivity index (χ2n) is 7.35. The summed E-state index contributed by atoms with van der Waals surface area (Å²) >= 11 is 0. The quantitative estimate of drug-likeness (QED) is 0.561. The van der Waals surface area contributed by atoms with Gasteiger partial charge in [0.1, 0.15) is 6.10 Å². The first kappa shape index (κ1) is 18.7. The highest BCUT2D eigenvalue weighted by atomic mass is 16.4. The van der Waals surface area contributed by atoms with Gasteiger partial charge in [0, 0.05) is 12.8 Å². The van der Waals surface area contributed by atoms with E-state index in [1.54, 1.807) is 0 Å². The van der Waals surface area contributed by atoms with Crippen molar-refractivity contribution in [3.05, 3.63) is 47.5 Å². The van der Waals surface area contributed by atoms with Gasteiger partial charge in [0.15, 0.2) is 0 Å². The second-order valence-corrected chi connectivity index (χ2v) is 7.35. The summed E-state index contributed by atoms with van der Waals surface area (Å²) in [5.74, 6) is 5.95. The van der Waals surface area contributed by atoms with Crippen molar-refractivity contribution in [3.63, 3.8) is 0 Å². The fraction of sp³-hybridized carbons (Fsp3) is 0.500. The highest BCUT2D eigenvalue weighted by Gasteiger charge is 2.46. The average Bonchev–Trinajstić information content (AvgIpc) is 2.59. The van der Waals surface area contributed by atoms with E-state index in [1.165, 1.54) is 5.57 Å². The van der Waals surface area contributed by atoms with E-state index in [9.17, 15) is 15.0 Å². The third-order valence-corrected chi connectivity index (χ3v) is 5.57. The molecule has 2 aliphatic carbocycles. The van der Waals surface area contributed by atoms with Crippen LogP contribution in [0.3, 0.4) is 0 Å². The van der Waals surface area contributed by atoms with Gasteiger partial charge in [-0.15, -0.1) is 0 Å². The lowest BCUT2D eigenvalue weighted by atomic mass is 9.57. The third kappa shape index (κ3) is 4.55. The van der Waals surface area contributed by atoms with Crippen molar-refractivity contribution < 1.29 is 20.1 Å². The van der Waals surface area contributed by atoms with Crippen molar-refractivity contribution in [2.24, 2.45) is 17.8 Å². The van der Waals surface area contributed by atoms with Crippen LogP contribution in [0.15, 0.2) is 42.0 Å². The normalized spacial score (nSPS) is 29.8. The van der Waals surface area contributed by atoms with Gasteiger partial charge in [0.25, 0.3) is 0 Å². The summed E-state index contributed by atoms with van der Waals surface area (Å²) in [5.41, 5.74) is 2.36. The minimum absolute atomic E-state index is 0.101. The molecule has 2 aliphatic rings. The molecule has 2 fully saturated rings. The molecule has 0 aliphatic heterocycles. The Morgan fingerprint density at radius 1 is 1.27 bits per heavy atom. The molecular formula is C22H26O4. The number of hydrogen-bond donors (Lipinski definition) is 3. The van der Waals surface area contributed by atoms with Gasteiger partial charge in [-0.3, -0.25) is 4.79 Å². The van der Waals surface area contributed by atoms with E-state index < -0.39 is 18.2 Å². The maximum Gasteiger partial charge on any atom is 0.303 e. The first-order valence-electron chi connectivity index (χ1n) is 9.36. The van der Waals surface area contributed by atoms with E-state index in [1.807, 2.05) is 30.3 Å². The summed E-state index contributed by atoms with van der Waals surface area (Å²) in [5, 5.41) is 29.3. The number of aliphatic carboxylic acids is 1. The molecule has 0 spiro atoms. The lowest BCUT2D eigenvalue weighted by molar-refractivity contribution is -0.136. The molecular weight excluding hydrogens is 328 g/mol. The highest BCUT2D eigenvalue weighted by Crippen LogP contribution is 2.51. The van der Waals surface area contributed by atoms with E-state index in [0.29, 0.717) is 31.1 Å². The van der Waals surface area contributed by atoms with Crippen molar-refractivity contribution in [3.8, 4) is 11.8 Å². The first-order chi connectivity index (χ1) is 12.5. The fourth-order valence-electron chi connectivity index (χ4n) is 4.17. The number of hydrogen-bond acceptors (Lipinski definition) is 3. The van der Waals surface area contributed by atoms with Crippen LogP contribution in [-0.4, -0.2) is 33.5 Å². The lowest BCUT2D eigenvalue weighted by Gasteiger charge is -2.48. The number of allylic oxidation sites excluding steroid dienone is 2. The standard InChI is InChI=1S/C22H26O4/c23-17(13-15-5-2-1-3-6-15)9-10-19-20-14-16(7-4-8-22(25)26)18(20)11-12-21(19)24/h1-3,5-7,17-21,23-24H,4,8,11-14H2,(H,25,26)/t17?,18-,19-,20+,21-/m1/s1. The molecule has 26 heavy (non-hydrogen) atoms. The molecule has 2 saturated carbocycles. The molecule has 0 aromatic heterocycles. The van der Waals surface area contributed by atoms with E-state index >= 15 is 0 Å². The monoisotopic (exact) mass is 354 g/mol. The number of carboxylic acid groups (broad SMARTS) is 1. The summed E-state index contributed by atoms with van der Waals surface area (Å²) in [6, 6.07) is 9.76. The van der Waals surface area contributed by atoms with Crippen LogP contribution in [0, 0.1) is 29.6 Å². The van der Waals surface area contributed by atoms with Crippen LogP contribution in [0.25, 0.3) is 0 Å². The van der Waals surface area contributed by atoms with Gasteiger partial charge in [-0.05, 0) is 43.1 Å². The molecule has 1 aromatic rings. The van der Waals surface area contributed by atoms with Crippen LogP contribution in [0.1, 0.15) is 37.7 Å². The number of carboxylic acids is 1. The molecule has 0 amide bonds. The Kier molecular flexibility index (Phi) is 6.13. The van der Waals surface area contributed by atoms with Gasteiger partial charge in [-0.25, -0.2) is 0 Å². The molecule has 0 bridgehead atoms. The number of carbonyl (C=O) groups is 1. The molecule has 4 heteroatoms. The zero-order valence-corrected chi connectivity index (χ0v) is 14.8. The van der Waals surface area contributed by atoms with Gasteiger partial charge >= 0.3 is 5.97 Å². The number of fused-ring (bicyclic) bond motifs is 1. The van der Waals surface area contributed by atoms with Gasteiger partial charge < -0.3 is 15.3 Å². The Hall–Kier alpha value is -2.09. The molecule has 0 saturated heterocycles. The van der Waals surface area contributed by atoms with E-state index in [-0.39, 0.29) is 12.3 Å². The Morgan fingerprint density at radius 3 is 2.77 bits per heavy atom. The summed E-state index contributed by atoms with van der Waals surface area (Å²) < 4.78 is 0. The Bertz CT molecular complexity index is 713. The first-order valence-corrected chi connectivity index (χ1v) is 9.36. The summed E-state index contributed by atoms with van der Waals surface area (Å²) in [6.07, 6.45) is 4.66. The Balaban J connectivity index is 1.59. The van der Waals surface area contributed by atoms with Crippen molar-refractivity contribution >= 4 is 5.97 Å². The van der Waals surface area contributed by atoms with E-state index in [2.05, 4.69) is 17.9 Å². The van der Waals surface area contributed by atoms with Gasteiger partial charge in [-0.1, -0.05) is 53.8 Å². The molecule has 3 N–H and O–H groups in total. The molecule has 5 atom stereocenters. The van der Waals surface area contributed by atoms with Crippen LogP contribution in [0.5, 0.6) is 0 Å². The SMILES string of the molecule is O=C(O)CCC=C1C[C@@H]2[C@@H](C#CC(O)Cc3ccccc3)[C@H](O)CC[C@H]12. The zero-order valence-electron chi connectivity index (χ0n) is 14.8. The molecule has 138 valence electrons. The summed E-state index contributed by atoms with van der Waals surface area (Å²) in [4.78, 5) is 10.6.